The molecule has 39 heavy (non-hydrogen) atoms. The molecule has 9 nitrogen and oxygen atoms in total. The lowest BCUT2D eigenvalue weighted by molar-refractivity contribution is -0.150. The largest absolute Gasteiger partial charge is 0.496 e. The highest BCUT2D eigenvalue weighted by atomic mass is 19.1. The number of ether oxygens (including phenoxy) is 2. The lowest BCUT2D eigenvalue weighted by Gasteiger charge is -2.34. The molecule has 0 aliphatic heterocycles. The molecule has 2 bridgehead atoms. The van der Waals surface area contributed by atoms with Crippen LogP contribution in [0, 0.1) is 34.5 Å². The predicted molar refractivity (Wildman–Crippen MR) is 140 cm³/mol. The number of nitriles is 1. The number of benzene rings is 1. The molecule has 3 N–H and O–H groups in total. The Morgan fingerprint density at radius 3 is 2.41 bits per heavy atom. The number of nitrogens with zero attached hydrogens (tertiary/aromatic N) is 1. The molecule has 4 rings (SSSR count). The maximum Gasteiger partial charge on any atom is 0.309 e. The second-order valence-corrected chi connectivity index (χ2v) is 12.2. The van der Waals surface area contributed by atoms with Crippen molar-refractivity contribution in [3.8, 4) is 17.6 Å². The van der Waals surface area contributed by atoms with Gasteiger partial charge in [0.2, 0.25) is 5.91 Å². The first kappa shape index (κ1) is 28.7. The van der Waals surface area contributed by atoms with Crippen molar-refractivity contribution in [2.24, 2.45) is 23.2 Å². The summed E-state index contributed by atoms with van der Waals surface area (Å²) in [7, 11) is 1.41. The van der Waals surface area contributed by atoms with Crippen LogP contribution in [0.15, 0.2) is 12.1 Å². The number of aliphatic carboxylic acids is 1. The minimum Gasteiger partial charge on any atom is -0.496 e. The number of carbonyl (C=O) groups excluding carboxylic acids is 2. The summed E-state index contributed by atoms with van der Waals surface area (Å²) < 4.78 is 25.0. The van der Waals surface area contributed by atoms with Crippen molar-refractivity contribution in [2.45, 2.75) is 83.4 Å². The number of methoxy groups -OCH3 is 1. The van der Waals surface area contributed by atoms with E-state index in [4.69, 9.17) is 9.47 Å². The standard InChI is InChI=1S/C29H38FN3O6/c1-28(2,15-30)33-26(35)23-16-5-6-17(11-16)24(23)32-25(34)20-13-21(18(14-31)12-22(20)38-4)39-19-7-9-29(3,10-8-19)27(36)37/h12-13,16-17,19,23-24H,5-11,15H2,1-4H3,(H,32,34)(H,33,35)(H,36,37)/t16-,17+,19?,23+,24-,29?/m1/s1. The van der Waals surface area contributed by atoms with Gasteiger partial charge in [0, 0.05) is 12.1 Å². The van der Waals surface area contributed by atoms with Crippen LogP contribution in [0.5, 0.6) is 11.5 Å². The maximum atomic E-state index is 13.6. The van der Waals surface area contributed by atoms with Crippen molar-refractivity contribution in [1.29, 1.82) is 5.26 Å². The van der Waals surface area contributed by atoms with Crippen LogP contribution in [0.4, 0.5) is 4.39 Å². The first-order valence-corrected chi connectivity index (χ1v) is 13.6. The molecule has 212 valence electrons. The number of hydrogen-bond acceptors (Lipinski definition) is 6. The van der Waals surface area contributed by atoms with E-state index in [1.165, 1.54) is 19.2 Å². The smallest absolute Gasteiger partial charge is 0.309 e. The van der Waals surface area contributed by atoms with Gasteiger partial charge >= 0.3 is 5.97 Å². The molecule has 3 saturated carbocycles. The molecule has 0 saturated heterocycles. The van der Waals surface area contributed by atoms with Crippen LogP contribution in [0.2, 0.25) is 0 Å². The zero-order valence-electron chi connectivity index (χ0n) is 23.0. The second kappa shape index (κ2) is 11.0. The normalized spacial score (nSPS) is 29.8. The van der Waals surface area contributed by atoms with Crippen LogP contribution < -0.4 is 20.1 Å². The highest BCUT2D eigenvalue weighted by molar-refractivity contribution is 5.98. The highest BCUT2D eigenvalue weighted by Gasteiger charge is 2.52. The SMILES string of the molecule is COc1cc(C#N)c(OC2CCC(C)(C(=O)O)CC2)cc1C(=O)N[C@@H]1[C@H]2CC[C@H](C2)[C@@H]1C(=O)NC(C)(C)CF. The summed E-state index contributed by atoms with van der Waals surface area (Å²) in [5.74, 6) is -1.26. The van der Waals surface area contributed by atoms with Crippen molar-refractivity contribution < 1.29 is 33.4 Å². The Morgan fingerprint density at radius 1 is 1.15 bits per heavy atom. The van der Waals surface area contributed by atoms with E-state index in [9.17, 15) is 29.1 Å². The molecule has 1 aromatic carbocycles. The first-order valence-electron chi connectivity index (χ1n) is 13.6. The Kier molecular flexibility index (Phi) is 8.10. The van der Waals surface area contributed by atoms with Crippen LogP contribution in [0.25, 0.3) is 0 Å². The quantitative estimate of drug-likeness (QED) is 0.428. The van der Waals surface area contributed by atoms with Gasteiger partial charge in [0.25, 0.3) is 5.91 Å². The van der Waals surface area contributed by atoms with E-state index >= 15 is 0 Å². The molecule has 1 aromatic rings. The zero-order chi connectivity index (χ0) is 28.5. The molecule has 10 heteroatoms. The molecule has 3 fully saturated rings. The number of carboxylic acid groups (broad SMARTS) is 1. The Balaban J connectivity index is 1.54. The molecule has 0 aromatic heterocycles. The van der Waals surface area contributed by atoms with Crippen LogP contribution in [-0.4, -0.2) is 54.4 Å². The van der Waals surface area contributed by atoms with Gasteiger partial charge in [-0.3, -0.25) is 14.4 Å². The molecule has 0 heterocycles. The topological polar surface area (TPSA) is 138 Å². The maximum absolute atomic E-state index is 13.6. The Morgan fingerprint density at radius 2 is 1.82 bits per heavy atom. The van der Waals surface area contributed by atoms with Crippen molar-refractivity contribution in [3.05, 3.63) is 23.3 Å². The lowest BCUT2D eigenvalue weighted by atomic mass is 9.75. The minimum absolute atomic E-state index is 0.125. The fourth-order valence-corrected chi connectivity index (χ4v) is 6.39. The molecule has 3 aliphatic carbocycles. The van der Waals surface area contributed by atoms with Gasteiger partial charge in [-0.1, -0.05) is 0 Å². The molecule has 3 aliphatic rings. The average molecular weight is 544 g/mol. The molecule has 0 spiro atoms. The highest BCUT2D eigenvalue weighted by Crippen LogP contribution is 2.49. The summed E-state index contributed by atoms with van der Waals surface area (Å²) in [5.41, 5.74) is -1.40. The number of rotatable bonds is 9. The predicted octanol–water partition coefficient (Wildman–Crippen LogP) is 3.99. The number of hydrogen-bond donors (Lipinski definition) is 3. The van der Waals surface area contributed by atoms with Crippen LogP contribution in [-0.2, 0) is 9.59 Å². The van der Waals surface area contributed by atoms with Gasteiger partial charge < -0.3 is 25.2 Å². The Bertz CT molecular complexity index is 1170. The number of nitrogens with one attached hydrogen (secondary N) is 2. The lowest BCUT2D eigenvalue weighted by Crippen LogP contribution is -2.54. The van der Waals surface area contributed by atoms with E-state index in [0.29, 0.717) is 25.7 Å². The summed E-state index contributed by atoms with van der Waals surface area (Å²) >= 11 is 0. The number of carbonyl (C=O) groups is 3. The third-order valence-corrected chi connectivity index (χ3v) is 8.83. The molecule has 2 amide bonds. The van der Waals surface area contributed by atoms with E-state index in [-0.39, 0.29) is 46.5 Å². The minimum atomic E-state index is -0.989. The summed E-state index contributed by atoms with van der Waals surface area (Å²) in [5, 5.41) is 25.1. The number of amides is 2. The van der Waals surface area contributed by atoms with Crippen LogP contribution >= 0.6 is 0 Å². The first-order chi connectivity index (χ1) is 18.4. The summed E-state index contributed by atoms with van der Waals surface area (Å²) in [6.07, 6.45) is 4.27. The third-order valence-electron chi connectivity index (χ3n) is 8.83. The number of halogens is 1. The van der Waals surface area contributed by atoms with E-state index in [0.717, 1.165) is 19.3 Å². The van der Waals surface area contributed by atoms with E-state index in [1.807, 2.05) is 0 Å². The third kappa shape index (κ3) is 5.82. The van der Waals surface area contributed by atoms with Crippen LogP contribution in [0.1, 0.15) is 81.6 Å². The van der Waals surface area contributed by atoms with Crippen LogP contribution in [0.3, 0.4) is 0 Å². The van der Waals surface area contributed by atoms with Gasteiger partial charge in [0.05, 0.1) is 41.2 Å². The van der Waals surface area contributed by atoms with Gasteiger partial charge in [-0.2, -0.15) is 5.26 Å². The summed E-state index contributed by atoms with van der Waals surface area (Å²) in [4.78, 5) is 38.3. The van der Waals surface area contributed by atoms with Gasteiger partial charge in [0.1, 0.15) is 24.2 Å². The van der Waals surface area contributed by atoms with E-state index < -0.39 is 41.5 Å². The summed E-state index contributed by atoms with van der Waals surface area (Å²) in [6.45, 7) is 4.29. The van der Waals surface area contributed by atoms with Crippen molar-refractivity contribution in [2.75, 3.05) is 13.8 Å². The average Bonchev–Trinajstić information content (AvgIpc) is 3.51. The summed E-state index contributed by atoms with van der Waals surface area (Å²) in [6, 6.07) is 4.64. The molecular weight excluding hydrogens is 505 g/mol. The fourth-order valence-electron chi connectivity index (χ4n) is 6.39. The van der Waals surface area contributed by atoms with Gasteiger partial charge in [-0.15, -0.1) is 0 Å². The second-order valence-electron chi connectivity index (χ2n) is 12.2. The molecule has 0 unspecified atom stereocenters. The Hall–Kier alpha value is -3.35. The molecule has 0 radical (unpaired) electrons. The fraction of sp³-hybridized carbons (Fsp3) is 0.655. The van der Waals surface area contributed by atoms with Gasteiger partial charge in [-0.25, -0.2) is 4.39 Å². The van der Waals surface area contributed by atoms with E-state index in [1.54, 1.807) is 20.8 Å². The van der Waals surface area contributed by atoms with Gasteiger partial charge in [0.15, 0.2) is 0 Å². The van der Waals surface area contributed by atoms with Crippen molar-refractivity contribution in [1.82, 2.24) is 10.6 Å². The number of fused-ring (bicyclic) bond motifs is 2. The molecular formula is C29H38FN3O6. The molecule has 4 atom stereocenters. The van der Waals surface area contributed by atoms with Gasteiger partial charge in [-0.05, 0) is 83.6 Å². The monoisotopic (exact) mass is 543 g/mol. The Labute approximate surface area is 228 Å². The zero-order valence-corrected chi connectivity index (χ0v) is 23.0. The van der Waals surface area contributed by atoms with E-state index in [2.05, 4.69) is 16.7 Å². The number of alkyl halides is 1. The van der Waals surface area contributed by atoms with Crippen molar-refractivity contribution >= 4 is 17.8 Å². The number of carboxylic acids is 1. The van der Waals surface area contributed by atoms with Crippen molar-refractivity contribution in [3.63, 3.8) is 0 Å².